The number of hydrogen-bond acceptors (Lipinski definition) is 4. The van der Waals surface area contributed by atoms with E-state index in [0.29, 0.717) is 12.2 Å². The first-order valence-electron chi connectivity index (χ1n) is 3.34. The topological polar surface area (TPSA) is 52.6 Å². The first-order chi connectivity index (χ1) is 6.35. The van der Waals surface area contributed by atoms with Gasteiger partial charge in [-0.25, -0.2) is 9.59 Å². The first kappa shape index (κ1) is 12.5. The maximum atomic E-state index is 11.5. The van der Waals surface area contributed by atoms with Gasteiger partial charge in [0.25, 0.3) is 0 Å². The molecule has 0 rings (SSSR count). The summed E-state index contributed by atoms with van der Waals surface area (Å²) in [7, 11) is 1.06. The highest BCUT2D eigenvalue weighted by Gasteiger charge is 2.29. The van der Waals surface area contributed by atoms with Crippen molar-refractivity contribution in [1.29, 1.82) is 0 Å². The van der Waals surface area contributed by atoms with Gasteiger partial charge in [0.1, 0.15) is 0 Å². The molecular formula is C7H7F3O4. The minimum atomic E-state index is -4.57. The molecule has 0 heterocycles. The summed E-state index contributed by atoms with van der Waals surface area (Å²) in [5, 5.41) is 0. The number of carbonyl (C=O) groups is 2. The molecule has 0 aromatic carbocycles. The average Bonchev–Trinajstić information content (AvgIpc) is 2.09. The second-order valence-corrected chi connectivity index (χ2v) is 2.08. The third-order valence-electron chi connectivity index (χ3n) is 0.935. The van der Waals surface area contributed by atoms with Crippen LogP contribution in [0.1, 0.15) is 0 Å². The lowest BCUT2D eigenvalue weighted by Crippen LogP contribution is -2.19. The molecule has 0 atom stereocenters. The molecular weight excluding hydrogens is 205 g/mol. The summed E-state index contributed by atoms with van der Waals surface area (Å²) in [5.74, 6) is -2.11. The molecule has 0 aromatic rings. The molecule has 0 spiro atoms. The number of carbonyl (C=O) groups excluding carboxylic acids is 2. The molecule has 0 unspecified atom stereocenters. The molecule has 0 aromatic heterocycles. The van der Waals surface area contributed by atoms with Gasteiger partial charge in [0.15, 0.2) is 6.61 Å². The van der Waals surface area contributed by atoms with Crippen molar-refractivity contribution in [3.8, 4) is 0 Å². The second kappa shape index (κ2) is 5.25. The smallest absolute Gasteiger partial charge is 0.422 e. The Morgan fingerprint density at radius 2 is 1.71 bits per heavy atom. The van der Waals surface area contributed by atoms with Crippen molar-refractivity contribution in [2.75, 3.05) is 13.7 Å². The van der Waals surface area contributed by atoms with Crippen LogP contribution in [0.2, 0.25) is 0 Å². The number of alkyl halides is 3. The quantitative estimate of drug-likeness (QED) is 0.513. The Bertz CT molecular complexity index is 244. The molecule has 0 bridgehead atoms. The Morgan fingerprint density at radius 1 is 1.21 bits per heavy atom. The summed E-state index contributed by atoms with van der Waals surface area (Å²) in [6, 6.07) is 0. The van der Waals surface area contributed by atoms with E-state index in [1.807, 2.05) is 0 Å². The largest absolute Gasteiger partial charge is 0.466 e. The highest BCUT2D eigenvalue weighted by atomic mass is 19.4. The van der Waals surface area contributed by atoms with Gasteiger partial charge in [-0.3, -0.25) is 0 Å². The molecule has 0 aliphatic heterocycles. The van der Waals surface area contributed by atoms with E-state index < -0.39 is 24.7 Å². The molecule has 0 saturated carbocycles. The molecule has 0 fully saturated rings. The summed E-state index contributed by atoms with van der Waals surface area (Å²) in [4.78, 5) is 20.9. The van der Waals surface area contributed by atoms with Crippen LogP contribution < -0.4 is 0 Å². The number of rotatable bonds is 3. The van der Waals surface area contributed by atoms with Crippen molar-refractivity contribution < 1.29 is 32.2 Å². The molecule has 0 aliphatic carbocycles. The van der Waals surface area contributed by atoms with E-state index in [0.717, 1.165) is 7.11 Å². The zero-order valence-corrected chi connectivity index (χ0v) is 7.13. The van der Waals surface area contributed by atoms with Crippen LogP contribution in [0.5, 0.6) is 0 Å². The van der Waals surface area contributed by atoms with Gasteiger partial charge < -0.3 is 9.47 Å². The highest BCUT2D eigenvalue weighted by molar-refractivity contribution is 5.91. The van der Waals surface area contributed by atoms with Crippen LogP contribution in [-0.2, 0) is 19.1 Å². The standard InChI is InChI=1S/C7H7F3O4/c1-13-5(11)2-3-6(12)14-4-7(8,9)10/h2-3H,4H2,1H3/b3-2+. The Morgan fingerprint density at radius 3 is 2.14 bits per heavy atom. The van der Waals surface area contributed by atoms with E-state index in [1.165, 1.54) is 0 Å². The van der Waals surface area contributed by atoms with Crippen molar-refractivity contribution >= 4 is 11.9 Å². The van der Waals surface area contributed by atoms with Crippen molar-refractivity contribution in [3.63, 3.8) is 0 Å². The lowest BCUT2D eigenvalue weighted by atomic mass is 10.5. The predicted molar refractivity (Wildman–Crippen MR) is 38.2 cm³/mol. The zero-order valence-electron chi connectivity index (χ0n) is 7.13. The van der Waals surface area contributed by atoms with Crippen molar-refractivity contribution in [2.45, 2.75) is 6.18 Å². The number of hydrogen-bond donors (Lipinski definition) is 0. The zero-order chi connectivity index (χ0) is 11.2. The summed E-state index contributed by atoms with van der Waals surface area (Å²) in [6.07, 6.45) is -3.36. The second-order valence-electron chi connectivity index (χ2n) is 2.08. The fourth-order valence-corrected chi connectivity index (χ4v) is 0.405. The van der Waals surface area contributed by atoms with Crippen molar-refractivity contribution in [2.24, 2.45) is 0 Å². The van der Waals surface area contributed by atoms with E-state index in [4.69, 9.17) is 0 Å². The van der Waals surface area contributed by atoms with Gasteiger partial charge in [-0.05, 0) is 0 Å². The Hall–Kier alpha value is -1.53. The van der Waals surface area contributed by atoms with E-state index in [-0.39, 0.29) is 0 Å². The molecule has 0 N–H and O–H groups in total. The SMILES string of the molecule is COC(=O)/C=C/C(=O)OCC(F)(F)F. The van der Waals surface area contributed by atoms with Crippen molar-refractivity contribution in [1.82, 2.24) is 0 Å². The van der Waals surface area contributed by atoms with E-state index in [2.05, 4.69) is 9.47 Å². The van der Waals surface area contributed by atoms with E-state index in [9.17, 15) is 22.8 Å². The fourth-order valence-electron chi connectivity index (χ4n) is 0.405. The predicted octanol–water partition coefficient (Wildman–Crippen LogP) is 0.821. The van der Waals surface area contributed by atoms with Gasteiger partial charge in [-0.2, -0.15) is 13.2 Å². The van der Waals surface area contributed by atoms with Crippen LogP contribution in [0.15, 0.2) is 12.2 Å². The van der Waals surface area contributed by atoms with Crippen LogP contribution in [0.4, 0.5) is 13.2 Å². The highest BCUT2D eigenvalue weighted by Crippen LogP contribution is 2.14. The summed E-state index contributed by atoms with van der Waals surface area (Å²) < 4.78 is 42.3. The number of ether oxygens (including phenoxy) is 2. The van der Waals surface area contributed by atoms with Crippen molar-refractivity contribution in [3.05, 3.63) is 12.2 Å². The minimum absolute atomic E-state index is 0.553. The number of methoxy groups -OCH3 is 1. The average molecular weight is 212 g/mol. The van der Waals surface area contributed by atoms with Gasteiger partial charge in [0.05, 0.1) is 7.11 Å². The summed E-state index contributed by atoms with van der Waals surface area (Å²) >= 11 is 0. The minimum Gasteiger partial charge on any atom is -0.466 e. The molecule has 7 heteroatoms. The monoisotopic (exact) mass is 212 g/mol. The van der Waals surface area contributed by atoms with Crippen LogP contribution in [-0.4, -0.2) is 31.8 Å². The normalized spacial score (nSPS) is 11.4. The van der Waals surface area contributed by atoms with E-state index in [1.54, 1.807) is 0 Å². The molecule has 80 valence electrons. The lowest BCUT2D eigenvalue weighted by molar-refractivity contribution is -0.182. The van der Waals surface area contributed by atoms with Crippen LogP contribution >= 0.6 is 0 Å². The van der Waals surface area contributed by atoms with Crippen LogP contribution in [0.3, 0.4) is 0 Å². The maximum absolute atomic E-state index is 11.5. The lowest BCUT2D eigenvalue weighted by Gasteiger charge is -2.04. The maximum Gasteiger partial charge on any atom is 0.422 e. The number of halogens is 3. The van der Waals surface area contributed by atoms with E-state index >= 15 is 0 Å². The summed E-state index contributed by atoms with van der Waals surface area (Å²) in [6.45, 7) is -1.68. The molecule has 0 radical (unpaired) electrons. The molecule has 14 heavy (non-hydrogen) atoms. The molecule has 4 nitrogen and oxygen atoms in total. The number of esters is 2. The first-order valence-corrected chi connectivity index (χ1v) is 3.34. The Kier molecular flexibility index (Phi) is 4.68. The third-order valence-corrected chi connectivity index (χ3v) is 0.935. The molecule has 0 amide bonds. The summed E-state index contributed by atoms with van der Waals surface area (Å²) in [5.41, 5.74) is 0. The van der Waals surface area contributed by atoms with Gasteiger partial charge in [-0.1, -0.05) is 0 Å². The Balaban J connectivity index is 3.88. The van der Waals surface area contributed by atoms with Gasteiger partial charge in [-0.15, -0.1) is 0 Å². The fraction of sp³-hybridized carbons (Fsp3) is 0.429. The molecule has 0 aliphatic rings. The van der Waals surface area contributed by atoms with Crippen LogP contribution in [0, 0.1) is 0 Å². The van der Waals surface area contributed by atoms with Gasteiger partial charge in [0, 0.05) is 12.2 Å². The third kappa shape index (κ3) is 7.14. The van der Waals surface area contributed by atoms with Gasteiger partial charge in [0.2, 0.25) is 0 Å². The van der Waals surface area contributed by atoms with Crippen LogP contribution in [0.25, 0.3) is 0 Å². The molecule has 0 saturated heterocycles. The van der Waals surface area contributed by atoms with Gasteiger partial charge >= 0.3 is 18.1 Å². The Labute approximate surface area is 77.3 Å².